The molecule has 1 N–H and O–H groups in total. The van der Waals surface area contributed by atoms with E-state index < -0.39 is 0 Å². The Morgan fingerprint density at radius 1 is 1.18 bits per heavy atom. The van der Waals surface area contributed by atoms with E-state index in [1.165, 1.54) is 16.2 Å². The highest BCUT2D eigenvalue weighted by Crippen LogP contribution is 2.28. The Morgan fingerprint density at radius 2 is 2.05 bits per heavy atom. The molecule has 0 saturated heterocycles. The predicted octanol–water partition coefficient (Wildman–Crippen LogP) is 5.06. The van der Waals surface area contributed by atoms with Crippen LogP contribution in [0.3, 0.4) is 0 Å². The first-order valence-corrected chi connectivity index (χ1v) is 9.67. The minimum atomic E-state index is -0.107. The SMILES string of the molecule is CC(C)C(NC(=O)c1csc(-c2ccsc2)n1)c1cccs1. The van der Waals surface area contributed by atoms with Crippen molar-refractivity contribution in [2.75, 3.05) is 0 Å². The van der Waals surface area contributed by atoms with Crippen LogP contribution in [0.4, 0.5) is 0 Å². The molecule has 1 amide bonds. The summed E-state index contributed by atoms with van der Waals surface area (Å²) in [6, 6.07) is 6.12. The molecule has 0 fully saturated rings. The van der Waals surface area contributed by atoms with Crippen molar-refractivity contribution < 1.29 is 4.79 Å². The molecule has 114 valence electrons. The van der Waals surface area contributed by atoms with Crippen molar-refractivity contribution >= 4 is 39.9 Å². The lowest BCUT2D eigenvalue weighted by molar-refractivity contribution is 0.0922. The number of carbonyl (C=O) groups excluding carboxylic acids is 1. The van der Waals surface area contributed by atoms with Gasteiger partial charge >= 0.3 is 0 Å². The van der Waals surface area contributed by atoms with Gasteiger partial charge in [-0.2, -0.15) is 11.3 Å². The topological polar surface area (TPSA) is 42.0 Å². The Morgan fingerprint density at radius 3 is 2.68 bits per heavy atom. The zero-order valence-corrected chi connectivity index (χ0v) is 14.7. The maximum Gasteiger partial charge on any atom is 0.271 e. The largest absolute Gasteiger partial charge is 0.343 e. The second-order valence-electron chi connectivity index (χ2n) is 5.26. The van der Waals surface area contributed by atoms with E-state index in [-0.39, 0.29) is 11.9 Å². The first kappa shape index (κ1) is 15.4. The number of nitrogens with zero attached hydrogens (tertiary/aromatic N) is 1. The van der Waals surface area contributed by atoms with Gasteiger partial charge < -0.3 is 5.32 Å². The van der Waals surface area contributed by atoms with Crippen LogP contribution in [0.5, 0.6) is 0 Å². The van der Waals surface area contributed by atoms with Crippen molar-refractivity contribution in [2.24, 2.45) is 5.92 Å². The van der Waals surface area contributed by atoms with Crippen molar-refractivity contribution in [1.29, 1.82) is 0 Å². The molecule has 3 aromatic rings. The van der Waals surface area contributed by atoms with Crippen molar-refractivity contribution in [1.82, 2.24) is 10.3 Å². The second-order valence-corrected chi connectivity index (χ2v) is 7.88. The molecule has 22 heavy (non-hydrogen) atoms. The molecule has 0 bridgehead atoms. The lowest BCUT2D eigenvalue weighted by Gasteiger charge is -2.20. The average molecular weight is 349 g/mol. The number of aromatic nitrogens is 1. The lowest BCUT2D eigenvalue weighted by Crippen LogP contribution is -2.31. The zero-order chi connectivity index (χ0) is 15.5. The molecule has 1 atom stereocenters. The van der Waals surface area contributed by atoms with Gasteiger partial charge in [-0.25, -0.2) is 4.98 Å². The molecular formula is C16H16N2OS3. The van der Waals surface area contributed by atoms with Crippen LogP contribution in [-0.2, 0) is 0 Å². The van der Waals surface area contributed by atoms with Gasteiger partial charge in [-0.05, 0) is 28.8 Å². The fourth-order valence-corrected chi connectivity index (χ4v) is 4.61. The standard InChI is InChI=1S/C16H16N2OS3/c1-10(2)14(13-4-3-6-21-13)18-15(19)12-9-22-16(17-12)11-5-7-20-8-11/h3-10,14H,1-2H3,(H,18,19). The maximum atomic E-state index is 12.5. The van der Waals surface area contributed by atoms with Crippen LogP contribution in [0.25, 0.3) is 10.6 Å². The van der Waals surface area contributed by atoms with Crippen LogP contribution in [0.15, 0.2) is 39.7 Å². The van der Waals surface area contributed by atoms with E-state index in [1.807, 2.05) is 33.7 Å². The van der Waals surface area contributed by atoms with Crippen molar-refractivity contribution in [3.05, 3.63) is 50.3 Å². The van der Waals surface area contributed by atoms with Gasteiger partial charge in [0.05, 0.1) is 6.04 Å². The fraction of sp³-hybridized carbons (Fsp3) is 0.250. The van der Waals surface area contributed by atoms with Crippen LogP contribution < -0.4 is 5.32 Å². The minimum Gasteiger partial charge on any atom is -0.343 e. The summed E-state index contributed by atoms with van der Waals surface area (Å²) in [7, 11) is 0. The van der Waals surface area contributed by atoms with E-state index >= 15 is 0 Å². The van der Waals surface area contributed by atoms with Crippen LogP contribution in [0.2, 0.25) is 0 Å². The van der Waals surface area contributed by atoms with Gasteiger partial charge in [0.25, 0.3) is 5.91 Å². The normalized spacial score (nSPS) is 12.5. The highest BCUT2D eigenvalue weighted by molar-refractivity contribution is 7.14. The number of amides is 1. The number of hydrogen-bond donors (Lipinski definition) is 1. The third-order valence-corrected chi connectivity index (χ3v) is 5.84. The molecule has 0 spiro atoms. The van der Waals surface area contributed by atoms with E-state index in [9.17, 15) is 4.79 Å². The fourth-order valence-electron chi connectivity index (χ4n) is 2.15. The number of thiazole rings is 1. The molecular weight excluding hydrogens is 332 g/mol. The molecule has 6 heteroatoms. The third-order valence-electron chi connectivity index (χ3n) is 3.31. The van der Waals surface area contributed by atoms with E-state index in [2.05, 4.69) is 30.2 Å². The van der Waals surface area contributed by atoms with Crippen molar-refractivity contribution in [2.45, 2.75) is 19.9 Å². The van der Waals surface area contributed by atoms with E-state index in [0.717, 1.165) is 10.6 Å². The molecule has 3 nitrogen and oxygen atoms in total. The van der Waals surface area contributed by atoms with Gasteiger partial charge in [0.2, 0.25) is 0 Å². The van der Waals surface area contributed by atoms with Crippen LogP contribution >= 0.6 is 34.0 Å². The number of hydrogen-bond acceptors (Lipinski definition) is 5. The van der Waals surface area contributed by atoms with Crippen molar-refractivity contribution in [3.63, 3.8) is 0 Å². The summed E-state index contributed by atoms with van der Waals surface area (Å²) in [5.74, 6) is 0.224. The van der Waals surface area contributed by atoms with Crippen molar-refractivity contribution in [3.8, 4) is 10.6 Å². The van der Waals surface area contributed by atoms with Gasteiger partial charge in [-0.15, -0.1) is 22.7 Å². The van der Waals surface area contributed by atoms with E-state index in [1.54, 1.807) is 22.7 Å². The average Bonchev–Trinajstić information content (AvgIpc) is 3.25. The summed E-state index contributed by atoms with van der Waals surface area (Å²) >= 11 is 4.81. The lowest BCUT2D eigenvalue weighted by atomic mass is 10.0. The van der Waals surface area contributed by atoms with Crippen LogP contribution in [-0.4, -0.2) is 10.9 Å². The Balaban J connectivity index is 1.76. The molecule has 0 aromatic carbocycles. The number of rotatable bonds is 5. The summed E-state index contributed by atoms with van der Waals surface area (Å²) in [5.41, 5.74) is 1.57. The van der Waals surface area contributed by atoms with E-state index in [4.69, 9.17) is 0 Å². The molecule has 0 radical (unpaired) electrons. The molecule has 0 aliphatic rings. The highest BCUT2D eigenvalue weighted by atomic mass is 32.1. The molecule has 0 aliphatic carbocycles. The van der Waals surface area contributed by atoms with Gasteiger partial charge in [-0.3, -0.25) is 4.79 Å². The Labute approximate surface area is 141 Å². The van der Waals surface area contributed by atoms with Crippen LogP contribution in [0, 0.1) is 5.92 Å². The quantitative estimate of drug-likeness (QED) is 0.700. The predicted molar refractivity (Wildman–Crippen MR) is 94.8 cm³/mol. The first-order chi connectivity index (χ1) is 10.6. The minimum absolute atomic E-state index is 0.0267. The molecule has 0 aliphatic heterocycles. The van der Waals surface area contributed by atoms with Gasteiger partial charge in [-0.1, -0.05) is 19.9 Å². The van der Waals surface area contributed by atoms with Gasteiger partial charge in [0, 0.05) is 21.2 Å². The number of carbonyl (C=O) groups is 1. The molecule has 3 aromatic heterocycles. The number of thiophene rings is 2. The Hall–Kier alpha value is -1.50. The Bertz CT molecular complexity index is 729. The third kappa shape index (κ3) is 3.29. The summed E-state index contributed by atoms with van der Waals surface area (Å²) in [4.78, 5) is 18.1. The molecule has 0 saturated carbocycles. The summed E-state index contributed by atoms with van der Waals surface area (Å²) in [5, 5.41) is 11.9. The summed E-state index contributed by atoms with van der Waals surface area (Å²) in [6.07, 6.45) is 0. The second kappa shape index (κ2) is 6.73. The zero-order valence-electron chi connectivity index (χ0n) is 12.3. The van der Waals surface area contributed by atoms with Crippen LogP contribution in [0.1, 0.15) is 35.3 Å². The van der Waals surface area contributed by atoms with E-state index in [0.29, 0.717) is 11.6 Å². The number of nitrogens with one attached hydrogen (secondary N) is 1. The molecule has 3 rings (SSSR count). The summed E-state index contributed by atoms with van der Waals surface area (Å²) < 4.78 is 0. The smallest absolute Gasteiger partial charge is 0.271 e. The Kier molecular flexibility index (Phi) is 4.71. The summed E-state index contributed by atoms with van der Waals surface area (Å²) in [6.45, 7) is 4.23. The maximum absolute atomic E-state index is 12.5. The van der Waals surface area contributed by atoms with Gasteiger partial charge in [0.1, 0.15) is 10.7 Å². The van der Waals surface area contributed by atoms with Gasteiger partial charge in [0.15, 0.2) is 0 Å². The monoisotopic (exact) mass is 348 g/mol. The highest BCUT2D eigenvalue weighted by Gasteiger charge is 2.21. The molecule has 1 unspecified atom stereocenters. The molecule has 3 heterocycles. The first-order valence-electron chi connectivity index (χ1n) is 6.97.